The minimum Gasteiger partial charge on any atom is -0.493 e. The van der Waals surface area contributed by atoms with E-state index in [0.29, 0.717) is 23.8 Å². The summed E-state index contributed by atoms with van der Waals surface area (Å²) in [6, 6.07) is 8.10. The van der Waals surface area contributed by atoms with E-state index in [4.69, 9.17) is 25.7 Å². The van der Waals surface area contributed by atoms with Crippen molar-refractivity contribution in [3.05, 3.63) is 46.0 Å². The lowest BCUT2D eigenvalue weighted by Gasteiger charge is -2.37. The van der Waals surface area contributed by atoms with Crippen LogP contribution in [-0.2, 0) is 11.2 Å². The Kier molecular flexibility index (Phi) is 4.76. The first-order valence-electron chi connectivity index (χ1n) is 11.2. The van der Waals surface area contributed by atoms with Gasteiger partial charge in [-0.05, 0) is 36.6 Å². The van der Waals surface area contributed by atoms with E-state index in [9.17, 15) is 4.79 Å². The van der Waals surface area contributed by atoms with Crippen LogP contribution in [0.2, 0.25) is 0 Å². The molecule has 0 unspecified atom stereocenters. The number of benzene rings is 1. The summed E-state index contributed by atoms with van der Waals surface area (Å²) >= 11 is 1.25. The molecule has 3 aliphatic rings. The number of amides is 1. The molecule has 2 atom stereocenters. The predicted octanol–water partition coefficient (Wildman–Crippen LogP) is 2.51. The largest absolute Gasteiger partial charge is 0.493 e. The van der Waals surface area contributed by atoms with Gasteiger partial charge in [0.15, 0.2) is 0 Å². The van der Waals surface area contributed by atoms with Crippen LogP contribution in [0, 0.1) is 6.92 Å². The lowest BCUT2D eigenvalue weighted by Crippen LogP contribution is -2.59. The first kappa shape index (κ1) is 20.7. The lowest BCUT2D eigenvalue weighted by atomic mass is 9.88. The van der Waals surface area contributed by atoms with Gasteiger partial charge in [-0.15, -0.1) is 11.3 Å². The molecule has 2 fully saturated rings. The molecule has 3 aliphatic heterocycles. The number of carbonyl (C=O) groups excluding carboxylic acids is 1. The van der Waals surface area contributed by atoms with Gasteiger partial charge >= 0.3 is 0 Å². The van der Waals surface area contributed by atoms with Crippen LogP contribution in [0.15, 0.2) is 24.3 Å². The molecule has 2 aromatic heterocycles. The van der Waals surface area contributed by atoms with E-state index >= 15 is 0 Å². The number of nitrogens with zero attached hydrogens (tertiary/aromatic N) is 1. The van der Waals surface area contributed by atoms with E-state index in [-0.39, 0.29) is 17.6 Å². The second kappa shape index (κ2) is 7.58. The second-order valence-corrected chi connectivity index (χ2v) is 10.3. The second-order valence-electron chi connectivity index (χ2n) is 9.27. The quantitative estimate of drug-likeness (QED) is 0.540. The summed E-state index contributed by atoms with van der Waals surface area (Å²) in [6.45, 7) is 4.88. The number of nitrogens with one attached hydrogen (secondary N) is 1. The molecule has 3 aromatic rings. The third-order valence-electron chi connectivity index (χ3n) is 6.84. The van der Waals surface area contributed by atoms with Gasteiger partial charge in [0, 0.05) is 42.6 Å². The summed E-state index contributed by atoms with van der Waals surface area (Å²) in [7, 11) is 0. The summed E-state index contributed by atoms with van der Waals surface area (Å²) in [5.74, 6) is 1.23. The maximum absolute atomic E-state index is 11.8. The lowest BCUT2D eigenvalue weighted by molar-refractivity contribution is -0.0368. The van der Waals surface area contributed by atoms with E-state index in [1.807, 2.05) is 25.1 Å². The maximum Gasteiger partial charge on any atom is 0.260 e. The number of primary amides is 1. The van der Waals surface area contributed by atoms with Crippen molar-refractivity contribution >= 4 is 33.1 Å². The summed E-state index contributed by atoms with van der Waals surface area (Å²) in [6.07, 6.45) is 1.78. The van der Waals surface area contributed by atoms with Gasteiger partial charge < -0.3 is 31.0 Å². The van der Waals surface area contributed by atoms with Crippen LogP contribution in [0.25, 0.3) is 10.2 Å². The minimum atomic E-state index is -0.524. The Bertz CT molecular complexity index is 1270. The Morgan fingerprint density at radius 3 is 2.88 bits per heavy atom. The number of hydrogen-bond acceptors (Lipinski definition) is 8. The number of aromatic nitrogens is 1. The van der Waals surface area contributed by atoms with Gasteiger partial charge in [0.2, 0.25) is 0 Å². The maximum atomic E-state index is 11.8. The highest BCUT2D eigenvalue weighted by Crippen LogP contribution is 2.42. The predicted molar refractivity (Wildman–Crippen MR) is 126 cm³/mol. The van der Waals surface area contributed by atoms with Crippen LogP contribution in [0.5, 0.6) is 11.5 Å². The normalized spacial score (nSPS) is 23.2. The molecular weight excluding hydrogens is 440 g/mol. The van der Waals surface area contributed by atoms with Crippen molar-refractivity contribution in [1.82, 2.24) is 10.3 Å². The van der Waals surface area contributed by atoms with Crippen molar-refractivity contribution in [2.75, 3.05) is 32.0 Å². The molecule has 1 aromatic carbocycles. The van der Waals surface area contributed by atoms with Gasteiger partial charge in [-0.3, -0.25) is 4.79 Å². The van der Waals surface area contributed by atoms with Crippen molar-refractivity contribution in [3.63, 3.8) is 0 Å². The number of ether oxygens (including phenoxy) is 3. The van der Waals surface area contributed by atoms with Crippen molar-refractivity contribution < 1.29 is 19.0 Å². The monoisotopic (exact) mass is 466 g/mol. The number of nitrogens with two attached hydrogens (primary N) is 2. The van der Waals surface area contributed by atoms with Crippen LogP contribution in [0.1, 0.15) is 38.8 Å². The van der Waals surface area contributed by atoms with E-state index in [0.717, 1.165) is 64.5 Å². The van der Waals surface area contributed by atoms with Gasteiger partial charge in [-0.25, -0.2) is 4.98 Å². The van der Waals surface area contributed by atoms with Crippen LogP contribution >= 0.6 is 11.3 Å². The molecule has 0 aliphatic carbocycles. The Balaban J connectivity index is 1.24. The number of thiophene rings is 1. The van der Waals surface area contributed by atoms with Crippen molar-refractivity contribution in [3.8, 4) is 11.5 Å². The Hall–Kier alpha value is -2.88. The fourth-order valence-electron chi connectivity index (χ4n) is 5.13. The van der Waals surface area contributed by atoms with E-state index in [2.05, 4.69) is 16.4 Å². The number of aryl methyl sites for hydroxylation is 1. The molecule has 6 rings (SSSR count). The smallest absolute Gasteiger partial charge is 0.260 e. The number of hydrogen-bond donors (Lipinski definition) is 3. The molecular formula is C24H26N4O4S. The summed E-state index contributed by atoms with van der Waals surface area (Å²) in [5.41, 5.74) is 15.3. The van der Waals surface area contributed by atoms with Crippen LogP contribution in [0.3, 0.4) is 0 Å². The van der Waals surface area contributed by atoms with E-state index in [1.54, 1.807) is 0 Å². The first-order valence-corrected chi connectivity index (χ1v) is 12.0. The number of fused-ring (bicyclic) bond motifs is 2. The van der Waals surface area contributed by atoms with Gasteiger partial charge in [0.05, 0.1) is 24.5 Å². The molecule has 8 nitrogen and oxygen atoms in total. The molecule has 0 bridgehead atoms. The van der Waals surface area contributed by atoms with Gasteiger partial charge in [0.25, 0.3) is 5.91 Å². The topological polar surface area (TPSA) is 122 Å². The Morgan fingerprint density at radius 2 is 2.15 bits per heavy atom. The van der Waals surface area contributed by atoms with Crippen LogP contribution in [-0.4, -0.2) is 48.9 Å². The van der Waals surface area contributed by atoms with Gasteiger partial charge in [-0.1, -0.05) is 6.07 Å². The highest BCUT2D eigenvalue weighted by molar-refractivity contribution is 7.21. The first-order chi connectivity index (χ1) is 15.9. The van der Waals surface area contributed by atoms with Crippen LogP contribution < -0.4 is 26.3 Å². The summed E-state index contributed by atoms with van der Waals surface area (Å²) < 4.78 is 18.3. The van der Waals surface area contributed by atoms with Crippen LogP contribution in [0.4, 0.5) is 5.69 Å². The molecule has 5 heterocycles. The van der Waals surface area contributed by atoms with E-state index < -0.39 is 5.91 Å². The SMILES string of the molecule is Cc1cc([C@@H]2COc3cc(O[C@@H]4COC5(CNC5)C4)ccc3C2)c2c(N)c(C(N)=O)sc2n1. The number of pyridine rings is 1. The zero-order valence-electron chi connectivity index (χ0n) is 18.3. The molecule has 9 heteroatoms. The van der Waals surface area contributed by atoms with Crippen molar-refractivity contribution in [2.45, 2.75) is 37.4 Å². The Morgan fingerprint density at radius 1 is 1.30 bits per heavy atom. The molecule has 33 heavy (non-hydrogen) atoms. The highest BCUT2D eigenvalue weighted by atomic mass is 32.1. The number of carbonyl (C=O) groups is 1. The molecule has 1 spiro atoms. The molecule has 1 amide bonds. The van der Waals surface area contributed by atoms with Gasteiger partial charge in [0.1, 0.15) is 27.3 Å². The standard InChI is InChI=1S/C24H26N4O4S/c1-12-4-17(19-20(25)21(22(26)29)33-23(19)28-12)14-5-13-2-3-15(6-18(13)30-8-14)32-16-7-24(31-9-16)10-27-11-24/h2-4,6,14,16,27H,5,7-11,25H2,1H3,(H2,26,29)/t14-,16-/m0/s1. The van der Waals surface area contributed by atoms with Crippen molar-refractivity contribution in [1.29, 1.82) is 0 Å². The molecule has 5 N–H and O–H groups in total. The van der Waals surface area contributed by atoms with Gasteiger partial charge in [-0.2, -0.15) is 0 Å². The average Bonchev–Trinajstić information content (AvgIpc) is 3.34. The minimum absolute atomic E-state index is 0.0333. The fourth-order valence-corrected chi connectivity index (χ4v) is 6.16. The third-order valence-corrected chi connectivity index (χ3v) is 7.95. The zero-order chi connectivity index (χ0) is 22.7. The third kappa shape index (κ3) is 3.51. The van der Waals surface area contributed by atoms with E-state index in [1.165, 1.54) is 11.3 Å². The fraction of sp³-hybridized carbons (Fsp3) is 0.417. The summed E-state index contributed by atoms with van der Waals surface area (Å²) in [4.78, 5) is 17.5. The number of nitrogen functional groups attached to an aromatic ring is 1. The zero-order valence-corrected chi connectivity index (χ0v) is 19.2. The highest BCUT2D eigenvalue weighted by Gasteiger charge is 2.46. The number of rotatable bonds is 4. The molecule has 0 saturated carbocycles. The summed E-state index contributed by atoms with van der Waals surface area (Å²) in [5, 5.41) is 4.09. The number of anilines is 1. The molecule has 172 valence electrons. The Labute approximate surface area is 195 Å². The van der Waals surface area contributed by atoms with Crippen molar-refractivity contribution in [2.24, 2.45) is 5.73 Å². The average molecular weight is 467 g/mol. The molecule has 2 saturated heterocycles. The molecule has 0 radical (unpaired) electrons.